The molecule has 2 heterocycles. The van der Waals surface area contributed by atoms with Crippen LogP contribution in [0, 0.1) is 18.3 Å². The molecule has 0 aliphatic rings. The van der Waals surface area contributed by atoms with E-state index in [2.05, 4.69) is 4.98 Å². The fourth-order valence-corrected chi connectivity index (χ4v) is 4.79. The predicted octanol–water partition coefficient (Wildman–Crippen LogP) is 5.44. The number of nitrogens with zero attached hydrogens (tertiary/aromatic N) is 3. The summed E-state index contributed by atoms with van der Waals surface area (Å²) in [5.41, 5.74) is 0.128. The number of pyridine rings is 1. The molecule has 0 N–H and O–H groups in total. The van der Waals surface area contributed by atoms with Crippen molar-refractivity contribution in [2.45, 2.75) is 11.8 Å². The van der Waals surface area contributed by atoms with Gasteiger partial charge in [-0.15, -0.1) is 0 Å². The van der Waals surface area contributed by atoms with E-state index in [0.717, 1.165) is 6.08 Å². The SMILES string of the molecule is Cc1cccn2c(=O)c(/C=C(\C#N)S(=O)(=O)c3ccccc3)c(Oc3ccc(Cl)cc3Cl)nc12. The minimum Gasteiger partial charge on any atom is -0.437 e. The number of sulfone groups is 1. The van der Waals surface area contributed by atoms with Crippen molar-refractivity contribution in [1.82, 2.24) is 9.38 Å². The van der Waals surface area contributed by atoms with Gasteiger partial charge >= 0.3 is 0 Å². The van der Waals surface area contributed by atoms with Gasteiger partial charge in [-0.25, -0.2) is 8.42 Å². The molecular weight excluding hydrogens is 497 g/mol. The van der Waals surface area contributed by atoms with Gasteiger partial charge in [0.05, 0.1) is 9.92 Å². The van der Waals surface area contributed by atoms with Crippen molar-refractivity contribution in [3.8, 4) is 17.7 Å². The lowest BCUT2D eigenvalue weighted by atomic mass is 10.2. The number of allylic oxidation sites excluding steroid dienone is 1. The first-order chi connectivity index (χ1) is 16.2. The Morgan fingerprint density at radius 2 is 1.85 bits per heavy atom. The minimum absolute atomic E-state index is 0.0873. The van der Waals surface area contributed by atoms with Crippen LogP contribution in [-0.2, 0) is 9.84 Å². The summed E-state index contributed by atoms with van der Waals surface area (Å²) in [5.74, 6) is -0.0606. The average Bonchev–Trinajstić information content (AvgIpc) is 2.82. The molecule has 2 aromatic heterocycles. The Bertz CT molecular complexity index is 1660. The van der Waals surface area contributed by atoms with Gasteiger partial charge in [0.1, 0.15) is 27.9 Å². The van der Waals surface area contributed by atoms with E-state index in [-0.39, 0.29) is 27.1 Å². The van der Waals surface area contributed by atoms with Gasteiger partial charge in [0.25, 0.3) is 5.56 Å². The summed E-state index contributed by atoms with van der Waals surface area (Å²) < 4.78 is 33.2. The van der Waals surface area contributed by atoms with Crippen LogP contribution in [0.3, 0.4) is 0 Å². The van der Waals surface area contributed by atoms with Crippen LogP contribution >= 0.6 is 23.2 Å². The molecule has 0 atom stereocenters. The lowest BCUT2D eigenvalue weighted by Crippen LogP contribution is -2.20. The number of benzene rings is 2. The highest BCUT2D eigenvalue weighted by Gasteiger charge is 2.24. The Morgan fingerprint density at radius 3 is 2.53 bits per heavy atom. The number of nitriles is 1. The van der Waals surface area contributed by atoms with E-state index in [4.69, 9.17) is 27.9 Å². The zero-order valence-corrected chi connectivity index (χ0v) is 19.9. The fraction of sp³-hybridized carbons (Fsp3) is 0.0417. The number of aromatic nitrogens is 2. The molecule has 0 radical (unpaired) electrons. The van der Waals surface area contributed by atoms with Crippen molar-refractivity contribution in [1.29, 1.82) is 5.26 Å². The van der Waals surface area contributed by atoms with E-state index in [1.54, 1.807) is 31.2 Å². The van der Waals surface area contributed by atoms with Gasteiger partial charge in [0.2, 0.25) is 15.7 Å². The molecule has 0 saturated heterocycles. The number of fused-ring (bicyclic) bond motifs is 1. The summed E-state index contributed by atoms with van der Waals surface area (Å²) in [6.45, 7) is 1.76. The Hall–Kier alpha value is -3.64. The third-order valence-electron chi connectivity index (χ3n) is 4.88. The smallest absolute Gasteiger partial charge is 0.269 e. The molecule has 0 unspecified atom stereocenters. The molecule has 0 saturated carbocycles. The van der Waals surface area contributed by atoms with Crippen molar-refractivity contribution >= 4 is 44.8 Å². The van der Waals surface area contributed by atoms with Crippen LogP contribution in [0.4, 0.5) is 0 Å². The van der Waals surface area contributed by atoms with Gasteiger partial charge in [0, 0.05) is 11.2 Å². The molecule has 10 heteroatoms. The highest BCUT2D eigenvalue weighted by molar-refractivity contribution is 7.95. The van der Waals surface area contributed by atoms with E-state index < -0.39 is 20.3 Å². The predicted molar refractivity (Wildman–Crippen MR) is 130 cm³/mol. The summed E-state index contributed by atoms with van der Waals surface area (Å²) in [7, 11) is -4.21. The average molecular weight is 512 g/mol. The van der Waals surface area contributed by atoms with Crippen LogP contribution in [0.5, 0.6) is 11.6 Å². The van der Waals surface area contributed by atoms with E-state index in [0.29, 0.717) is 16.2 Å². The molecule has 34 heavy (non-hydrogen) atoms. The van der Waals surface area contributed by atoms with Gasteiger partial charge in [-0.1, -0.05) is 47.5 Å². The van der Waals surface area contributed by atoms with Crippen LogP contribution in [0.1, 0.15) is 11.1 Å². The summed E-state index contributed by atoms with van der Waals surface area (Å²) in [5, 5.41) is 10.2. The second kappa shape index (κ2) is 9.31. The van der Waals surface area contributed by atoms with Gasteiger partial charge in [0.15, 0.2) is 0 Å². The Morgan fingerprint density at radius 1 is 1.12 bits per heavy atom. The highest BCUT2D eigenvalue weighted by Crippen LogP contribution is 2.33. The largest absolute Gasteiger partial charge is 0.437 e. The first-order valence-corrected chi connectivity index (χ1v) is 12.0. The Kier molecular flexibility index (Phi) is 6.44. The number of hydrogen-bond donors (Lipinski definition) is 0. The molecule has 0 bridgehead atoms. The molecule has 2 aromatic carbocycles. The van der Waals surface area contributed by atoms with E-state index >= 15 is 0 Å². The number of hydrogen-bond acceptors (Lipinski definition) is 6. The number of ether oxygens (including phenoxy) is 1. The summed E-state index contributed by atoms with van der Waals surface area (Å²) in [6, 6.07) is 17.0. The van der Waals surface area contributed by atoms with Gasteiger partial charge in [-0.2, -0.15) is 10.2 Å². The van der Waals surface area contributed by atoms with Crippen molar-refractivity contribution in [2.75, 3.05) is 0 Å². The molecule has 7 nitrogen and oxygen atoms in total. The highest BCUT2D eigenvalue weighted by atomic mass is 35.5. The molecule has 0 aliphatic heterocycles. The quantitative estimate of drug-likeness (QED) is 0.330. The van der Waals surface area contributed by atoms with Gasteiger partial charge in [-0.05, 0) is 55.0 Å². The first-order valence-electron chi connectivity index (χ1n) is 9.79. The number of halogens is 2. The van der Waals surface area contributed by atoms with Crippen LogP contribution in [0.2, 0.25) is 10.0 Å². The zero-order valence-electron chi connectivity index (χ0n) is 17.6. The number of aryl methyl sites for hydroxylation is 1. The van der Waals surface area contributed by atoms with Gasteiger partial charge in [-0.3, -0.25) is 9.20 Å². The van der Waals surface area contributed by atoms with Crippen LogP contribution in [-0.4, -0.2) is 17.8 Å². The van der Waals surface area contributed by atoms with Crippen molar-refractivity contribution in [3.05, 3.63) is 103 Å². The Balaban J connectivity index is 1.99. The normalized spacial score (nSPS) is 11.9. The van der Waals surface area contributed by atoms with Crippen molar-refractivity contribution < 1.29 is 13.2 Å². The molecule has 0 spiro atoms. The van der Waals surface area contributed by atoms with Crippen LogP contribution in [0.15, 0.2) is 81.5 Å². The standard InChI is InChI=1S/C24H15Cl2N3O4S/c1-15-6-5-11-29-22(15)28-23(33-21-10-9-16(25)12-20(21)26)19(24(29)30)13-18(14-27)34(31,32)17-7-3-2-4-8-17/h2-13H,1H3/b18-13+. The molecule has 0 amide bonds. The molecule has 170 valence electrons. The van der Waals surface area contributed by atoms with Crippen LogP contribution < -0.4 is 10.3 Å². The maximum atomic E-state index is 13.4. The van der Waals surface area contributed by atoms with E-state index in [1.165, 1.54) is 53.1 Å². The molecule has 0 fully saturated rings. The third-order valence-corrected chi connectivity index (χ3v) is 7.09. The summed E-state index contributed by atoms with van der Waals surface area (Å²) in [4.78, 5) is 17.1. The fourth-order valence-electron chi connectivity index (χ4n) is 3.18. The lowest BCUT2D eigenvalue weighted by molar-refractivity contribution is 0.461. The van der Waals surface area contributed by atoms with Crippen molar-refractivity contribution in [3.63, 3.8) is 0 Å². The second-order valence-electron chi connectivity index (χ2n) is 7.13. The Labute approximate surface area is 205 Å². The minimum atomic E-state index is -4.21. The maximum Gasteiger partial charge on any atom is 0.269 e. The van der Waals surface area contributed by atoms with E-state index in [1.807, 2.05) is 0 Å². The summed E-state index contributed by atoms with van der Waals surface area (Å²) in [6.07, 6.45) is 2.46. The molecule has 0 aliphatic carbocycles. The maximum absolute atomic E-state index is 13.4. The van der Waals surface area contributed by atoms with Crippen LogP contribution in [0.25, 0.3) is 11.7 Å². The topological polar surface area (TPSA) is 102 Å². The van der Waals surface area contributed by atoms with E-state index in [9.17, 15) is 18.5 Å². The molecule has 4 rings (SSSR count). The monoisotopic (exact) mass is 511 g/mol. The second-order valence-corrected chi connectivity index (χ2v) is 9.90. The first kappa shape index (κ1) is 23.5. The number of rotatable bonds is 5. The molecule has 4 aromatic rings. The molecular formula is C24H15Cl2N3O4S. The van der Waals surface area contributed by atoms with Crippen molar-refractivity contribution in [2.24, 2.45) is 0 Å². The zero-order chi connectivity index (χ0) is 24.5. The van der Waals surface area contributed by atoms with Gasteiger partial charge < -0.3 is 4.74 Å². The lowest BCUT2D eigenvalue weighted by Gasteiger charge is -2.12. The third kappa shape index (κ3) is 4.41. The summed E-state index contributed by atoms with van der Waals surface area (Å²) >= 11 is 12.2.